The Kier molecular flexibility index (Phi) is 4.11. The summed E-state index contributed by atoms with van der Waals surface area (Å²) < 4.78 is 5.95. The normalized spacial score (nSPS) is 17.4. The zero-order valence-electron chi connectivity index (χ0n) is 11.9. The molecule has 3 rings (SSSR count). The van der Waals surface area contributed by atoms with Crippen molar-refractivity contribution in [1.82, 2.24) is 15.5 Å². The Balaban J connectivity index is 1.84. The number of aromatic nitrogens is 2. The standard InChI is InChI=1S/C16H21N3O/c1-2-17-14(12-8-4-3-5-9-12)16-19-18-15(20-16)13-10-6-7-11-13/h3-5,8-9,13-14,17H,2,6-7,10-11H2,1H3. The third-order valence-electron chi connectivity index (χ3n) is 3.95. The van der Waals surface area contributed by atoms with Gasteiger partial charge in [0.05, 0.1) is 0 Å². The van der Waals surface area contributed by atoms with Gasteiger partial charge in [-0.2, -0.15) is 0 Å². The lowest BCUT2D eigenvalue weighted by molar-refractivity contribution is 0.386. The number of benzene rings is 1. The Morgan fingerprint density at radius 1 is 1.20 bits per heavy atom. The summed E-state index contributed by atoms with van der Waals surface area (Å²) in [4.78, 5) is 0. The van der Waals surface area contributed by atoms with Gasteiger partial charge in [0.15, 0.2) is 0 Å². The SMILES string of the molecule is CCNC(c1ccccc1)c1nnc(C2CCCC2)o1. The molecule has 4 nitrogen and oxygen atoms in total. The lowest BCUT2D eigenvalue weighted by Gasteiger charge is -2.14. The second-order valence-corrected chi connectivity index (χ2v) is 5.36. The molecule has 1 saturated carbocycles. The Hall–Kier alpha value is -1.68. The van der Waals surface area contributed by atoms with Crippen LogP contribution < -0.4 is 5.32 Å². The van der Waals surface area contributed by atoms with E-state index >= 15 is 0 Å². The summed E-state index contributed by atoms with van der Waals surface area (Å²) in [6, 6.07) is 10.3. The van der Waals surface area contributed by atoms with Crippen molar-refractivity contribution in [3.05, 3.63) is 47.7 Å². The summed E-state index contributed by atoms with van der Waals surface area (Å²) in [6.07, 6.45) is 4.91. The molecule has 0 radical (unpaired) electrons. The second-order valence-electron chi connectivity index (χ2n) is 5.36. The summed E-state index contributed by atoms with van der Waals surface area (Å²) in [5.41, 5.74) is 1.16. The van der Waals surface area contributed by atoms with E-state index in [4.69, 9.17) is 4.42 Å². The van der Waals surface area contributed by atoms with Gasteiger partial charge in [-0.3, -0.25) is 0 Å². The molecule has 1 aliphatic rings. The van der Waals surface area contributed by atoms with Crippen LogP contribution in [0.1, 0.15) is 61.9 Å². The molecule has 106 valence electrons. The summed E-state index contributed by atoms with van der Waals surface area (Å²) in [6.45, 7) is 2.95. The highest BCUT2D eigenvalue weighted by Crippen LogP contribution is 2.34. The fourth-order valence-corrected chi connectivity index (χ4v) is 2.90. The van der Waals surface area contributed by atoms with Crippen molar-refractivity contribution in [2.75, 3.05) is 6.54 Å². The van der Waals surface area contributed by atoms with Crippen molar-refractivity contribution in [2.45, 2.75) is 44.6 Å². The van der Waals surface area contributed by atoms with Crippen LogP contribution in [0.5, 0.6) is 0 Å². The van der Waals surface area contributed by atoms with Crippen molar-refractivity contribution in [2.24, 2.45) is 0 Å². The Morgan fingerprint density at radius 2 is 1.95 bits per heavy atom. The molecule has 1 unspecified atom stereocenters. The lowest BCUT2D eigenvalue weighted by Crippen LogP contribution is -2.22. The van der Waals surface area contributed by atoms with Crippen LogP contribution in [0, 0.1) is 0 Å². The minimum atomic E-state index is -0.0103. The van der Waals surface area contributed by atoms with Gasteiger partial charge in [0.25, 0.3) is 0 Å². The maximum atomic E-state index is 5.95. The Labute approximate surface area is 119 Å². The molecule has 1 heterocycles. The van der Waals surface area contributed by atoms with Gasteiger partial charge in [-0.05, 0) is 24.9 Å². The van der Waals surface area contributed by atoms with Crippen LogP contribution in [-0.2, 0) is 0 Å². The first-order chi connectivity index (χ1) is 9.88. The molecule has 0 aliphatic heterocycles. The molecule has 1 atom stereocenters. The Bertz CT molecular complexity index is 532. The number of rotatable bonds is 5. The van der Waals surface area contributed by atoms with Crippen LogP contribution in [0.2, 0.25) is 0 Å². The highest BCUT2D eigenvalue weighted by molar-refractivity contribution is 5.23. The van der Waals surface area contributed by atoms with Gasteiger partial charge >= 0.3 is 0 Å². The quantitative estimate of drug-likeness (QED) is 0.905. The van der Waals surface area contributed by atoms with E-state index in [1.54, 1.807) is 0 Å². The van der Waals surface area contributed by atoms with E-state index in [0.29, 0.717) is 11.8 Å². The average molecular weight is 271 g/mol. The first-order valence-electron chi connectivity index (χ1n) is 7.50. The molecular weight excluding hydrogens is 250 g/mol. The van der Waals surface area contributed by atoms with Gasteiger partial charge < -0.3 is 9.73 Å². The summed E-state index contributed by atoms with van der Waals surface area (Å²) in [7, 11) is 0. The molecule has 4 heteroatoms. The molecule has 2 aromatic rings. The highest BCUT2D eigenvalue weighted by Gasteiger charge is 2.25. The molecule has 1 fully saturated rings. The van der Waals surface area contributed by atoms with Gasteiger partial charge in [0, 0.05) is 5.92 Å². The zero-order valence-corrected chi connectivity index (χ0v) is 11.9. The van der Waals surface area contributed by atoms with E-state index in [0.717, 1.165) is 18.0 Å². The second kappa shape index (κ2) is 6.18. The molecule has 0 saturated heterocycles. The molecule has 0 amide bonds. The van der Waals surface area contributed by atoms with Crippen molar-refractivity contribution >= 4 is 0 Å². The van der Waals surface area contributed by atoms with Crippen LogP contribution in [-0.4, -0.2) is 16.7 Å². The molecule has 1 aromatic heterocycles. The topological polar surface area (TPSA) is 51.0 Å². The third kappa shape index (κ3) is 2.75. The molecule has 1 aliphatic carbocycles. The summed E-state index contributed by atoms with van der Waals surface area (Å²) in [5, 5.41) is 12.0. The third-order valence-corrected chi connectivity index (χ3v) is 3.95. The summed E-state index contributed by atoms with van der Waals surface area (Å²) in [5.74, 6) is 1.96. The molecular formula is C16H21N3O. The lowest BCUT2D eigenvalue weighted by atomic mass is 10.1. The van der Waals surface area contributed by atoms with Gasteiger partial charge in [0.2, 0.25) is 11.8 Å². The highest BCUT2D eigenvalue weighted by atomic mass is 16.4. The van der Waals surface area contributed by atoms with Gasteiger partial charge in [-0.25, -0.2) is 0 Å². The van der Waals surface area contributed by atoms with Crippen LogP contribution in [0.15, 0.2) is 34.7 Å². The first kappa shape index (κ1) is 13.3. The van der Waals surface area contributed by atoms with E-state index in [-0.39, 0.29) is 6.04 Å². The zero-order chi connectivity index (χ0) is 13.8. The van der Waals surface area contributed by atoms with Crippen molar-refractivity contribution < 1.29 is 4.42 Å². The monoisotopic (exact) mass is 271 g/mol. The number of nitrogens with zero attached hydrogens (tertiary/aromatic N) is 2. The van der Waals surface area contributed by atoms with E-state index in [1.165, 1.54) is 25.7 Å². The average Bonchev–Trinajstić information content (AvgIpc) is 3.16. The molecule has 0 spiro atoms. The number of nitrogens with one attached hydrogen (secondary N) is 1. The fraction of sp³-hybridized carbons (Fsp3) is 0.500. The molecule has 20 heavy (non-hydrogen) atoms. The van der Waals surface area contributed by atoms with Gasteiger partial charge in [-0.1, -0.05) is 50.1 Å². The van der Waals surface area contributed by atoms with Crippen LogP contribution in [0.25, 0.3) is 0 Å². The molecule has 0 bridgehead atoms. The maximum absolute atomic E-state index is 5.95. The number of hydrogen-bond acceptors (Lipinski definition) is 4. The predicted molar refractivity (Wildman–Crippen MR) is 77.5 cm³/mol. The molecule has 1 N–H and O–H groups in total. The van der Waals surface area contributed by atoms with E-state index in [9.17, 15) is 0 Å². The van der Waals surface area contributed by atoms with Crippen LogP contribution in [0.3, 0.4) is 0 Å². The van der Waals surface area contributed by atoms with Gasteiger partial charge in [0.1, 0.15) is 6.04 Å². The van der Waals surface area contributed by atoms with Crippen molar-refractivity contribution in [3.63, 3.8) is 0 Å². The van der Waals surface area contributed by atoms with Crippen molar-refractivity contribution in [3.8, 4) is 0 Å². The number of hydrogen-bond donors (Lipinski definition) is 1. The molecule has 1 aromatic carbocycles. The maximum Gasteiger partial charge on any atom is 0.237 e. The van der Waals surface area contributed by atoms with Crippen molar-refractivity contribution in [1.29, 1.82) is 0 Å². The smallest absolute Gasteiger partial charge is 0.237 e. The predicted octanol–water partition coefficient (Wildman–Crippen LogP) is 3.43. The minimum absolute atomic E-state index is 0.0103. The van der Waals surface area contributed by atoms with E-state index < -0.39 is 0 Å². The van der Waals surface area contributed by atoms with Crippen LogP contribution in [0.4, 0.5) is 0 Å². The fourth-order valence-electron chi connectivity index (χ4n) is 2.90. The van der Waals surface area contributed by atoms with Gasteiger partial charge in [-0.15, -0.1) is 10.2 Å². The largest absolute Gasteiger partial charge is 0.423 e. The van der Waals surface area contributed by atoms with E-state index in [2.05, 4.69) is 34.6 Å². The van der Waals surface area contributed by atoms with E-state index in [1.807, 2.05) is 18.2 Å². The van der Waals surface area contributed by atoms with Crippen LogP contribution >= 0.6 is 0 Å². The Morgan fingerprint density at radius 3 is 2.65 bits per heavy atom. The minimum Gasteiger partial charge on any atom is -0.423 e. The summed E-state index contributed by atoms with van der Waals surface area (Å²) >= 11 is 0. The first-order valence-corrected chi connectivity index (χ1v) is 7.50.